The third kappa shape index (κ3) is 4.54. The number of aliphatic hydroxyl groups is 1. The molecule has 1 aromatic heterocycles. The Hall–Kier alpha value is -2.77. The molecular weight excluding hydrogens is 479 g/mol. The molecule has 1 aromatic carbocycles. The van der Waals surface area contributed by atoms with Crippen molar-refractivity contribution in [2.45, 2.75) is 29.8 Å². The number of benzene rings is 1. The molecule has 9 nitrogen and oxygen atoms in total. The highest BCUT2D eigenvalue weighted by Crippen LogP contribution is 2.38. The van der Waals surface area contributed by atoms with Gasteiger partial charge >= 0.3 is 6.36 Å². The van der Waals surface area contributed by atoms with E-state index in [9.17, 15) is 31.5 Å². The van der Waals surface area contributed by atoms with E-state index in [0.717, 1.165) is 30.5 Å². The van der Waals surface area contributed by atoms with Crippen LogP contribution >= 0.6 is 11.6 Å². The van der Waals surface area contributed by atoms with Gasteiger partial charge in [-0.3, -0.25) is 4.79 Å². The molecule has 1 saturated heterocycles. The van der Waals surface area contributed by atoms with Gasteiger partial charge in [-0.05, 0) is 24.6 Å². The van der Waals surface area contributed by atoms with Crippen molar-refractivity contribution in [1.82, 2.24) is 9.88 Å². The van der Waals surface area contributed by atoms with E-state index in [0.29, 0.717) is 6.42 Å². The van der Waals surface area contributed by atoms with Gasteiger partial charge in [0.1, 0.15) is 27.9 Å². The van der Waals surface area contributed by atoms with E-state index in [1.54, 1.807) is 0 Å². The van der Waals surface area contributed by atoms with Crippen LogP contribution in [0.15, 0.2) is 35.4 Å². The number of hydrogen-bond donors (Lipinski definition) is 1. The van der Waals surface area contributed by atoms with E-state index in [2.05, 4.69) is 14.4 Å². The molecule has 2 aliphatic rings. The van der Waals surface area contributed by atoms with Gasteiger partial charge in [-0.15, -0.1) is 18.9 Å². The number of ether oxygens (including phenoxy) is 2. The van der Waals surface area contributed by atoms with Gasteiger partial charge in [-0.25, -0.2) is 13.4 Å². The molecule has 0 spiro atoms. The second-order valence-electron chi connectivity index (χ2n) is 7.06. The molecule has 2 aliphatic heterocycles. The monoisotopic (exact) mass is 492 g/mol. The number of aromatic nitrogens is 1. The molecule has 3 heterocycles. The van der Waals surface area contributed by atoms with Gasteiger partial charge in [0.2, 0.25) is 5.88 Å². The van der Waals surface area contributed by atoms with Crippen molar-refractivity contribution in [3.8, 4) is 11.6 Å². The number of pyridine rings is 1. The lowest BCUT2D eigenvalue weighted by molar-refractivity contribution is -0.275. The number of hydrogen-bond acceptors (Lipinski definition) is 7. The number of alkyl halides is 3. The predicted octanol–water partition coefficient (Wildman–Crippen LogP) is 3.00. The van der Waals surface area contributed by atoms with Gasteiger partial charge in [-0.2, -0.15) is 0 Å². The summed E-state index contributed by atoms with van der Waals surface area (Å²) >= 11 is 5.75. The normalized spacial score (nSPS) is 20.8. The minimum absolute atomic E-state index is 0.0425. The summed E-state index contributed by atoms with van der Waals surface area (Å²) in [6.45, 7) is 0.171. The molecule has 0 radical (unpaired) electrons. The molecular formula is C18H14ClF3N3O6S-. The van der Waals surface area contributed by atoms with E-state index >= 15 is 0 Å². The van der Waals surface area contributed by atoms with Crippen molar-refractivity contribution < 1.29 is 41.0 Å². The average Bonchev–Trinajstić information content (AvgIpc) is 3.01. The Labute approximate surface area is 184 Å². The molecule has 32 heavy (non-hydrogen) atoms. The fourth-order valence-electron chi connectivity index (χ4n) is 3.47. The highest BCUT2D eigenvalue weighted by molar-refractivity contribution is 7.94. The van der Waals surface area contributed by atoms with Gasteiger partial charge in [0.05, 0.1) is 17.0 Å². The Morgan fingerprint density at radius 1 is 1.31 bits per heavy atom. The lowest BCUT2D eigenvalue weighted by atomic mass is 10.2. The predicted molar refractivity (Wildman–Crippen MR) is 104 cm³/mol. The molecule has 0 unspecified atom stereocenters. The Morgan fingerprint density at radius 2 is 2.06 bits per heavy atom. The molecule has 1 fully saturated rings. The van der Waals surface area contributed by atoms with Crippen LogP contribution < -0.4 is 9.47 Å². The van der Waals surface area contributed by atoms with Crippen LogP contribution in [0.2, 0.25) is 5.02 Å². The summed E-state index contributed by atoms with van der Waals surface area (Å²) in [5, 5.41) is 9.66. The van der Waals surface area contributed by atoms with Crippen LogP contribution in [0.5, 0.6) is 11.6 Å². The smallest absolute Gasteiger partial charge is 0.571 e. The largest absolute Gasteiger partial charge is 0.573 e. The van der Waals surface area contributed by atoms with Crippen LogP contribution in [0.4, 0.5) is 18.9 Å². The van der Waals surface area contributed by atoms with E-state index in [4.69, 9.17) is 16.3 Å². The fraction of sp³-hybridized carbons (Fsp3) is 0.333. The van der Waals surface area contributed by atoms with Crippen molar-refractivity contribution in [3.63, 3.8) is 0 Å². The zero-order valence-electron chi connectivity index (χ0n) is 15.9. The highest BCUT2D eigenvalue weighted by Gasteiger charge is 2.39. The molecule has 1 amide bonds. The van der Waals surface area contributed by atoms with Crippen LogP contribution in [0, 0.1) is 0 Å². The molecule has 14 heteroatoms. The maximum Gasteiger partial charge on any atom is 0.573 e. The Morgan fingerprint density at radius 3 is 2.78 bits per heavy atom. The number of halogens is 4. The zero-order chi connectivity index (χ0) is 23.3. The third-order valence-electron chi connectivity index (χ3n) is 4.77. The lowest BCUT2D eigenvalue weighted by Crippen LogP contribution is -2.36. The SMILES string of the molecule is O=C1c2cc([N-]S(=O)(=O)c3cc(Cl)ccc3OC(F)(F)F)cnc2OC[C@H]2C[C@H](O)CN12. The molecule has 4 rings (SSSR count). The molecule has 2 atom stereocenters. The zero-order valence-corrected chi connectivity index (χ0v) is 17.5. The van der Waals surface area contributed by atoms with E-state index < -0.39 is 39.0 Å². The Bertz CT molecular complexity index is 1180. The van der Waals surface area contributed by atoms with Crippen LogP contribution in [0.3, 0.4) is 0 Å². The number of nitrogens with zero attached hydrogens (tertiary/aromatic N) is 3. The van der Waals surface area contributed by atoms with Gasteiger partial charge in [0, 0.05) is 17.8 Å². The summed E-state index contributed by atoms with van der Waals surface area (Å²) in [6, 6.07) is 3.28. The van der Waals surface area contributed by atoms with Crippen molar-refractivity contribution in [3.05, 3.63) is 45.8 Å². The van der Waals surface area contributed by atoms with Crippen LogP contribution in [-0.4, -0.2) is 61.0 Å². The highest BCUT2D eigenvalue weighted by atomic mass is 35.5. The second-order valence-corrected chi connectivity index (χ2v) is 9.07. The summed E-state index contributed by atoms with van der Waals surface area (Å²) < 4.78 is 76.3. The number of fused-ring (bicyclic) bond motifs is 2. The van der Waals surface area contributed by atoms with Crippen molar-refractivity contribution in [2.75, 3.05) is 13.2 Å². The minimum Gasteiger partial charge on any atom is -0.571 e. The molecule has 172 valence electrons. The molecule has 0 aliphatic carbocycles. The molecule has 1 N–H and O–H groups in total. The van der Waals surface area contributed by atoms with Crippen molar-refractivity contribution >= 4 is 33.2 Å². The first-order valence-electron chi connectivity index (χ1n) is 9.08. The Kier molecular flexibility index (Phi) is 5.59. The number of sulfonamides is 1. The first kappa shape index (κ1) is 22.4. The fourth-order valence-corrected chi connectivity index (χ4v) is 4.82. The Balaban J connectivity index is 1.66. The molecule has 0 saturated carbocycles. The number of amides is 1. The quantitative estimate of drug-likeness (QED) is 0.696. The molecule has 2 aromatic rings. The van der Waals surface area contributed by atoms with Crippen molar-refractivity contribution in [2.24, 2.45) is 0 Å². The van der Waals surface area contributed by atoms with Gasteiger partial charge in [0.15, 0.2) is 0 Å². The second kappa shape index (κ2) is 7.98. The first-order chi connectivity index (χ1) is 14.9. The maximum absolute atomic E-state index is 12.8. The summed E-state index contributed by atoms with van der Waals surface area (Å²) in [4.78, 5) is 17.3. The number of carbonyl (C=O) groups is 1. The third-order valence-corrected chi connectivity index (χ3v) is 6.33. The maximum atomic E-state index is 12.8. The van der Waals surface area contributed by atoms with E-state index in [1.807, 2.05) is 0 Å². The van der Waals surface area contributed by atoms with E-state index in [-0.39, 0.29) is 41.3 Å². The first-order valence-corrected chi connectivity index (χ1v) is 10.9. The number of rotatable bonds is 4. The topological polar surface area (TPSA) is 120 Å². The van der Waals surface area contributed by atoms with Gasteiger partial charge < -0.3 is 24.2 Å². The van der Waals surface area contributed by atoms with Gasteiger partial charge in [0.25, 0.3) is 5.91 Å². The lowest BCUT2D eigenvalue weighted by Gasteiger charge is -2.24. The van der Waals surface area contributed by atoms with Crippen LogP contribution in [0.1, 0.15) is 16.8 Å². The van der Waals surface area contributed by atoms with Gasteiger partial charge in [-0.1, -0.05) is 17.7 Å². The standard InChI is InChI=1S/C18H14ClF3N3O6S/c19-9-1-2-14(31-18(20,21)22)15(3-9)32(28,29)24-10-4-13-16(23-6-10)30-8-11-5-12(26)7-25(11)17(13)27/h1-4,6,11-12,26H,5,7-8H2/q-1/t11-,12+/m1/s1. The molecule has 0 bridgehead atoms. The van der Waals surface area contributed by atoms with Crippen LogP contribution in [0.25, 0.3) is 4.72 Å². The summed E-state index contributed by atoms with van der Waals surface area (Å²) in [7, 11) is -4.75. The average molecular weight is 493 g/mol. The number of aliphatic hydroxyl groups excluding tert-OH is 1. The number of carbonyl (C=O) groups excluding carboxylic acids is 1. The van der Waals surface area contributed by atoms with Crippen LogP contribution in [-0.2, 0) is 10.0 Å². The van der Waals surface area contributed by atoms with E-state index in [1.165, 1.54) is 4.90 Å². The van der Waals surface area contributed by atoms with Crippen molar-refractivity contribution in [1.29, 1.82) is 0 Å². The summed E-state index contributed by atoms with van der Waals surface area (Å²) in [6.07, 6.45) is -4.54. The summed E-state index contributed by atoms with van der Waals surface area (Å²) in [5.41, 5.74) is -0.410. The minimum atomic E-state index is -5.15. The summed E-state index contributed by atoms with van der Waals surface area (Å²) in [5.74, 6) is -1.59.